The van der Waals surface area contributed by atoms with Crippen LogP contribution in [0.2, 0.25) is 5.02 Å². The Balaban J connectivity index is 1.32. The summed E-state index contributed by atoms with van der Waals surface area (Å²) in [4.78, 5) is 50.1. The summed E-state index contributed by atoms with van der Waals surface area (Å²) < 4.78 is 17.6. The van der Waals surface area contributed by atoms with Crippen LogP contribution in [0.5, 0.6) is 17.2 Å². The quantitative estimate of drug-likeness (QED) is 0.0825. The van der Waals surface area contributed by atoms with E-state index in [4.69, 9.17) is 25.8 Å². The van der Waals surface area contributed by atoms with Crippen molar-refractivity contribution in [1.29, 1.82) is 0 Å². The Morgan fingerprint density at radius 3 is 2.16 bits per heavy atom. The summed E-state index contributed by atoms with van der Waals surface area (Å²) in [6, 6.07) is 21.7. The minimum Gasteiger partial charge on any atom is -0.493 e. The highest BCUT2D eigenvalue weighted by atomic mass is 79.9. The molecule has 11 nitrogen and oxygen atoms in total. The van der Waals surface area contributed by atoms with Gasteiger partial charge in [0.1, 0.15) is 24.5 Å². The zero-order valence-corrected chi connectivity index (χ0v) is 25.8. The van der Waals surface area contributed by atoms with Crippen molar-refractivity contribution in [2.75, 3.05) is 12.0 Å². The Hall–Kier alpha value is -5.20. The van der Waals surface area contributed by atoms with Gasteiger partial charge >= 0.3 is 6.03 Å². The van der Waals surface area contributed by atoms with Crippen molar-refractivity contribution in [2.24, 2.45) is 0 Å². The average Bonchev–Trinajstić information content (AvgIpc) is 3.02. The number of hydrogen-bond acceptors (Lipinski definition) is 8. The van der Waals surface area contributed by atoms with E-state index in [-0.39, 0.29) is 23.6 Å². The van der Waals surface area contributed by atoms with Gasteiger partial charge in [-0.25, -0.2) is 9.69 Å². The number of urea groups is 1. The number of halogens is 2. The fraction of sp³-hybridized carbons (Fsp3) is 0.0938. The van der Waals surface area contributed by atoms with Crippen LogP contribution in [0.3, 0.4) is 0 Å². The number of nitro groups is 1. The SMILES string of the molecule is COc1cc(/C=C2\C(=O)NC(=O)N(c3ccc(OCc4ccc(Cl)cc4)cc3)C2=O)cc(Br)c1OCc1ccc([N+](=O)[O-])cc1. The summed E-state index contributed by atoms with van der Waals surface area (Å²) in [5.41, 5.74) is 1.95. The number of imide groups is 2. The molecule has 4 aromatic rings. The lowest BCUT2D eigenvalue weighted by atomic mass is 10.1. The van der Waals surface area contributed by atoms with Crippen molar-refractivity contribution in [3.8, 4) is 17.2 Å². The first-order chi connectivity index (χ1) is 21.6. The van der Waals surface area contributed by atoms with Crippen molar-refractivity contribution in [3.05, 3.63) is 127 Å². The number of carbonyl (C=O) groups is 3. The second-order valence-corrected chi connectivity index (χ2v) is 10.9. The van der Waals surface area contributed by atoms with Crippen LogP contribution >= 0.6 is 27.5 Å². The molecule has 1 fully saturated rings. The summed E-state index contributed by atoms with van der Waals surface area (Å²) in [5, 5.41) is 13.7. The molecule has 13 heteroatoms. The molecule has 0 aromatic heterocycles. The number of non-ortho nitro benzene ring substituents is 1. The van der Waals surface area contributed by atoms with E-state index in [1.165, 1.54) is 25.3 Å². The van der Waals surface area contributed by atoms with E-state index in [0.29, 0.717) is 44.5 Å². The Morgan fingerprint density at radius 1 is 0.911 bits per heavy atom. The van der Waals surface area contributed by atoms with E-state index in [0.717, 1.165) is 10.5 Å². The molecule has 5 rings (SSSR count). The molecule has 0 atom stereocenters. The van der Waals surface area contributed by atoms with Crippen molar-refractivity contribution in [1.82, 2.24) is 5.32 Å². The van der Waals surface area contributed by atoms with E-state index in [9.17, 15) is 24.5 Å². The van der Waals surface area contributed by atoms with Gasteiger partial charge in [0.05, 0.1) is 22.2 Å². The number of nitrogens with one attached hydrogen (secondary N) is 1. The Bertz CT molecular complexity index is 1810. The van der Waals surface area contributed by atoms with Crippen molar-refractivity contribution >= 4 is 62.8 Å². The lowest BCUT2D eigenvalue weighted by Gasteiger charge is -2.26. The smallest absolute Gasteiger partial charge is 0.335 e. The summed E-state index contributed by atoms with van der Waals surface area (Å²) in [7, 11) is 1.43. The van der Waals surface area contributed by atoms with Crippen LogP contribution in [0.4, 0.5) is 16.2 Å². The van der Waals surface area contributed by atoms with E-state index in [2.05, 4.69) is 21.2 Å². The van der Waals surface area contributed by atoms with Gasteiger partial charge < -0.3 is 14.2 Å². The first-order valence-corrected chi connectivity index (χ1v) is 14.4. The van der Waals surface area contributed by atoms with Crippen molar-refractivity contribution < 1.29 is 33.5 Å². The van der Waals surface area contributed by atoms with Crippen LogP contribution in [0.1, 0.15) is 16.7 Å². The number of nitro benzene ring substituents is 1. The largest absolute Gasteiger partial charge is 0.493 e. The van der Waals surface area contributed by atoms with Crippen LogP contribution in [0, 0.1) is 10.1 Å². The van der Waals surface area contributed by atoms with E-state index >= 15 is 0 Å². The topological polar surface area (TPSA) is 137 Å². The van der Waals surface area contributed by atoms with Gasteiger partial charge in [0.15, 0.2) is 11.5 Å². The highest BCUT2D eigenvalue weighted by Crippen LogP contribution is 2.38. The van der Waals surface area contributed by atoms with E-state index in [1.54, 1.807) is 60.7 Å². The first-order valence-electron chi connectivity index (χ1n) is 13.3. The van der Waals surface area contributed by atoms with Gasteiger partial charge in [-0.1, -0.05) is 23.7 Å². The van der Waals surface area contributed by atoms with Gasteiger partial charge in [-0.05, 0) is 99.4 Å². The average molecular weight is 693 g/mol. The van der Waals surface area contributed by atoms with Gasteiger partial charge in [0, 0.05) is 17.2 Å². The zero-order valence-electron chi connectivity index (χ0n) is 23.5. The summed E-state index contributed by atoms with van der Waals surface area (Å²) in [5.74, 6) is -0.514. The lowest BCUT2D eigenvalue weighted by molar-refractivity contribution is -0.384. The molecule has 1 aliphatic rings. The zero-order chi connectivity index (χ0) is 32.1. The highest BCUT2D eigenvalue weighted by Gasteiger charge is 2.37. The predicted octanol–water partition coefficient (Wildman–Crippen LogP) is 6.84. The second kappa shape index (κ2) is 13.6. The van der Waals surface area contributed by atoms with Crippen LogP contribution < -0.4 is 24.4 Å². The minimum atomic E-state index is -0.884. The van der Waals surface area contributed by atoms with Gasteiger partial charge in [-0.15, -0.1) is 0 Å². The molecule has 0 unspecified atom stereocenters. The number of barbiturate groups is 1. The molecule has 1 saturated heterocycles. The third kappa shape index (κ3) is 7.31. The van der Waals surface area contributed by atoms with Gasteiger partial charge in [-0.3, -0.25) is 25.0 Å². The lowest BCUT2D eigenvalue weighted by Crippen LogP contribution is -2.54. The third-order valence-electron chi connectivity index (χ3n) is 6.61. The predicted molar refractivity (Wildman–Crippen MR) is 169 cm³/mol. The van der Waals surface area contributed by atoms with Gasteiger partial charge in [0.25, 0.3) is 17.5 Å². The number of ether oxygens (including phenoxy) is 3. The summed E-state index contributed by atoms with van der Waals surface area (Å²) >= 11 is 9.36. The maximum absolute atomic E-state index is 13.4. The third-order valence-corrected chi connectivity index (χ3v) is 7.45. The molecule has 4 aromatic carbocycles. The van der Waals surface area contributed by atoms with Crippen LogP contribution in [0.15, 0.2) is 95.0 Å². The first kappa shape index (κ1) is 31.2. The van der Waals surface area contributed by atoms with Gasteiger partial charge in [0.2, 0.25) is 0 Å². The number of carbonyl (C=O) groups excluding carboxylic acids is 3. The maximum Gasteiger partial charge on any atom is 0.335 e. The summed E-state index contributed by atoms with van der Waals surface area (Å²) in [6.07, 6.45) is 1.34. The Morgan fingerprint density at radius 2 is 1.53 bits per heavy atom. The number of benzene rings is 4. The molecule has 0 aliphatic carbocycles. The van der Waals surface area contributed by atoms with Crippen molar-refractivity contribution in [2.45, 2.75) is 13.2 Å². The Kier molecular flexibility index (Phi) is 9.45. The maximum atomic E-state index is 13.4. The fourth-order valence-electron chi connectivity index (χ4n) is 4.33. The molecule has 1 heterocycles. The van der Waals surface area contributed by atoms with E-state index < -0.39 is 22.8 Å². The van der Waals surface area contributed by atoms with Crippen LogP contribution in [0.25, 0.3) is 6.08 Å². The van der Waals surface area contributed by atoms with E-state index in [1.807, 2.05) is 12.1 Å². The minimum absolute atomic E-state index is 0.0345. The fourth-order valence-corrected chi connectivity index (χ4v) is 5.03. The number of rotatable bonds is 10. The van der Waals surface area contributed by atoms with Crippen LogP contribution in [-0.4, -0.2) is 29.9 Å². The number of hydrogen-bond donors (Lipinski definition) is 1. The number of methoxy groups -OCH3 is 1. The standard InChI is InChI=1S/C32H23BrClN3O8/c1-43-28-16-21(15-27(33)29(28)45-18-20-4-8-24(9-5-20)37(41)42)14-26-30(38)35-32(40)36(31(26)39)23-10-12-25(13-11-23)44-17-19-2-6-22(34)7-3-19/h2-16H,17-18H2,1H3,(H,35,38,40)/b26-14+. The summed E-state index contributed by atoms with van der Waals surface area (Å²) in [6.45, 7) is 0.386. The van der Waals surface area contributed by atoms with Crippen molar-refractivity contribution in [3.63, 3.8) is 0 Å². The molecular formula is C32H23BrClN3O8. The Labute approximate surface area is 270 Å². The molecule has 1 aliphatic heterocycles. The molecule has 4 amide bonds. The molecular weight excluding hydrogens is 670 g/mol. The normalized spacial score (nSPS) is 13.9. The molecule has 45 heavy (non-hydrogen) atoms. The molecule has 228 valence electrons. The highest BCUT2D eigenvalue weighted by molar-refractivity contribution is 9.10. The second-order valence-electron chi connectivity index (χ2n) is 9.61. The molecule has 0 spiro atoms. The molecule has 0 saturated carbocycles. The number of nitrogens with zero attached hydrogens (tertiary/aromatic N) is 2. The molecule has 1 N–H and O–H groups in total. The molecule has 0 bridgehead atoms. The molecule has 0 radical (unpaired) electrons. The van der Waals surface area contributed by atoms with Crippen LogP contribution in [-0.2, 0) is 22.8 Å². The number of anilines is 1. The van der Waals surface area contributed by atoms with Gasteiger partial charge in [-0.2, -0.15) is 0 Å². The number of amides is 4. The monoisotopic (exact) mass is 691 g/mol.